The van der Waals surface area contributed by atoms with Crippen molar-refractivity contribution in [3.05, 3.63) is 58.6 Å². The highest BCUT2D eigenvalue weighted by atomic mass is 35.5. The van der Waals surface area contributed by atoms with Gasteiger partial charge in [0.1, 0.15) is 11.6 Å². The van der Waals surface area contributed by atoms with Crippen LogP contribution in [0.3, 0.4) is 0 Å². The van der Waals surface area contributed by atoms with Crippen LogP contribution in [0.15, 0.2) is 36.5 Å². The maximum Gasteiger partial charge on any atom is 0.258 e. The van der Waals surface area contributed by atoms with Crippen molar-refractivity contribution in [3.8, 4) is 5.75 Å². The van der Waals surface area contributed by atoms with Crippen molar-refractivity contribution in [1.29, 1.82) is 0 Å². The van der Waals surface area contributed by atoms with Crippen LogP contribution in [0.25, 0.3) is 0 Å². The molecule has 5 rings (SSSR count). The van der Waals surface area contributed by atoms with Crippen LogP contribution in [-0.2, 0) is 11.4 Å². The monoisotopic (exact) mass is 418 g/mol. The summed E-state index contributed by atoms with van der Waals surface area (Å²) in [5.74, 6) is -0.617. The maximum atomic E-state index is 13.4. The summed E-state index contributed by atoms with van der Waals surface area (Å²) in [5, 5.41) is 12.1. The first kappa shape index (κ1) is 19.8. The van der Waals surface area contributed by atoms with Crippen LogP contribution in [0, 0.1) is 11.2 Å². The van der Waals surface area contributed by atoms with Gasteiger partial charge in [0, 0.05) is 29.8 Å². The number of rotatable bonds is 8. The minimum absolute atomic E-state index is 0.00476. The lowest BCUT2D eigenvalue weighted by atomic mass is 9.38. The van der Waals surface area contributed by atoms with Crippen molar-refractivity contribution in [3.63, 3.8) is 0 Å². The number of ether oxygens (including phenoxy) is 1. The van der Waals surface area contributed by atoms with E-state index in [1.54, 1.807) is 12.1 Å². The van der Waals surface area contributed by atoms with E-state index >= 15 is 0 Å². The van der Waals surface area contributed by atoms with Gasteiger partial charge in [-0.15, -0.1) is 0 Å². The Bertz CT molecular complexity index is 961. The van der Waals surface area contributed by atoms with Crippen molar-refractivity contribution < 1.29 is 23.8 Å². The molecule has 0 unspecified atom stereocenters. The van der Waals surface area contributed by atoms with Gasteiger partial charge in [-0.3, -0.25) is 14.6 Å². The Morgan fingerprint density at radius 2 is 2.00 bits per heavy atom. The molecule has 1 aromatic heterocycles. The van der Waals surface area contributed by atoms with Gasteiger partial charge in [-0.2, -0.15) is 0 Å². The van der Waals surface area contributed by atoms with Gasteiger partial charge >= 0.3 is 0 Å². The number of pyridine rings is 1. The molecule has 2 aromatic rings. The molecular formula is C21H20ClFN2O4. The number of carbonyl (C=O) groups excluding carboxylic acids is 2. The molecule has 2 bridgehead atoms. The van der Waals surface area contributed by atoms with Crippen LogP contribution in [0.1, 0.15) is 41.7 Å². The summed E-state index contributed by atoms with van der Waals surface area (Å²) in [5.41, 5.74) is 0.696. The number of hydrogen-bond acceptors (Lipinski definition) is 5. The van der Waals surface area contributed by atoms with Gasteiger partial charge in [0.2, 0.25) is 0 Å². The molecule has 3 aliphatic carbocycles. The number of nitrogens with one attached hydrogen (secondary N) is 1. The van der Waals surface area contributed by atoms with Crippen molar-refractivity contribution in [2.75, 3.05) is 6.61 Å². The molecule has 8 heteroatoms. The molecule has 0 aliphatic heterocycles. The van der Waals surface area contributed by atoms with Crippen molar-refractivity contribution in [2.45, 2.75) is 37.8 Å². The molecule has 1 aromatic carbocycles. The fourth-order valence-electron chi connectivity index (χ4n) is 4.55. The number of ketones is 1. The summed E-state index contributed by atoms with van der Waals surface area (Å²) < 4.78 is 18.7. The first-order valence-corrected chi connectivity index (χ1v) is 9.68. The van der Waals surface area contributed by atoms with Crippen LogP contribution in [-0.4, -0.2) is 33.9 Å². The van der Waals surface area contributed by atoms with Gasteiger partial charge in [0.25, 0.3) is 5.91 Å². The van der Waals surface area contributed by atoms with E-state index in [2.05, 4.69) is 10.3 Å². The third-order valence-corrected chi connectivity index (χ3v) is 5.95. The number of aliphatic hydroxyl groups excluding tert-OH is 1. The van der Waals surface area contributed by atoms with Crippen LogP contribution in [0.2, 0.25) is 5.02 Å². The molecule has 29 heavy (non-hydrogen) atoms. The average Bonchev–Trinajstić information content (AvgIpc) is 2.66. The fraction of sp³-hybridized carbons (Fsp3) is 0.381. The lowest BCUT2D eigenvalue weighted by Crippen LogP contribution is -2.75. The molecular weight excluding hydrogens is 399 g/mol. The molecule has 152 valence electrons. The normalized spacial score (nSPS) is 24.2. The van der Waals surface area contributed by atoms with Crippen LogP contribution < -0.4 is 10.1 Å². The quantitative estimate of drug-likeness (QED) is 0.643. The summed E-state index contributed by atoms with van der Waals surface area (Å²) in [7, 11) is 0. The Hall–Kier alpha value is -2.51. The van der Waals surface area contributed by atoms with Gasteiger partial charge in [0.15, 0.2) is 12.4 Å². The first-order chi connectivity index (χ1) is 13.8. The number of aromatic nitrogens is 1. The van der Waals surface area contributed by atoms with Crippen molar-refractivity contribution in [1.82, 2.24) is 10.3 Å². The highest BCUT2D eigenvalue weighted by molar-refractivity contribution is 6.30. The summed E-state index contributed by atoms with van der Waals surface area (Å²) in [6, 6.07) is 7.28. The molecule has 0 atom stereocenters. The second-order valence-electron chi connectivity index (χ2n) is 8.02. The highest BCUT2D eigenvalue weighted by Crippen LogP contribution is 2.69. The van der Waals surface area contributed by atoms with E-state index in [0.29, 0.717) is 17.7 Å². The minimum atomic E-state index is -0.601. The maximum absolute atomic E-state index is 13.4. The van der Waals surface area contributed by atoms with Gasteiger partial charge in [-0.25, -0.2) is 4.39 Å². The molecule has 0 radical (unpaired) electrons. The molecule has 3 saturated carbocycles. The Balaban J connectivity index is 1.24. The zero-order chi connectivity index (χ0) is 20.6. The first-order valence-electron chi connectivity index (χ1n) is 9.30. The molecule has 3 aliphatic rings. The van der Waals surface area contributed by atoms with Crippen LogP contribution in [0.5, 0.6) is 5.75 Å². The number of Topliss-reactive ketones (excluding diaryl/α,β-unsaturated/α-hetero) is 1. The molecule has 1 heterocycles. The number of nitrogens with zero attached hydrogens (tertiary/aromatic N) is 1. The Morgan fingerprint density at radius 1 is 1.24 bits per heavy atom. The predicted octanol–water partition coefficient (Wildman–Crippen LogP) is 3.06. The van der Waals surface area contributed by atoms with Gasteiger partial charge in [0.05, 0.1) is 17.3 Å². The van der Waals surface area contributed by atoms with E-state index in [-0.39, 0.29) is 46.6 Å². The van der Waals surface area contributed by atoms with E-state index < -0.39 is 5.82 Å². The van der Waals surface area contributed by atoms with E-state index in [1.165, 1.54) is 18.3 Å². The average molecular weight is 419 g/mol. The molecule has 2 N–H and O–H groups in total. The predicted molar refractivity (Wildman–Crippen MR) is 103 cm³/mol. The molecule has 0 spiro atoms. The number of aliphatic hydroxyl groups is 1. The fourth-order valence-corrected chi connectivity index (χ4v) is 4.66. The lowest BCUT2D eigenvalue weighted by Gasteiger charge is -2.70. The third-order valence-electron chi connectivity index (χ3n) is 5.64. The van der Waals surface area contributed by atoms with Crippen molar-refractivity contribution in [2.24, 2.45) is 5.41 Å². The topological polar surface area (TPSA) is 88.5 Å². The SMILES string of the molecule is O=C(COc1ccc(Cl)c(F)c1)NC12CC(CC(=O)c3ccnc(CO)c3)(C1)C2. The van der Waals surface area contributed by atoms with E-state index in [9.17, 15) is 14.0 Å². The Labute approximate surface area is 172 Å². The van der Waals surface area contributed by atoms with Gasteiger partial charge in [-0.1, -0.05) is 11.6 Å². The number of hydrogen-bond donors (Lipinski definition) is 2. The number of amides is 1. The third kappa shape index (κ3) is 3.97. The zero-order valence-corrected chi connectivity index (χ0v) is 16.3. The molecule has 3 fully saturated rings. The smallest absolute Gasteiger partial charge is 0.258 e. The second kappa shape index (κ2) is 7.39. The van der Waals surface area contributed by atoms with E-state index in [1.807, 2.05) is 0 Å². The highest BCUT2D eigenvalue weighted by Gasteiger charge is 2.68. The Morgan fingerprint density at radius 3 is 2.69 bits per heavy atom. The van der Waals surface area contributed by atoms with E-state index in [4.69, 9.17) is 21.4 Å². The second-order valence-corrected chi connectivity index (χ2v) is 8.42. The molecule has 0 saturated heterocycles. The summed E-state index contributed by atoms with van der Waals surface area (Å²) in [4.78, 5) is 28.7. The number of benzene rings is 1. The standard InChI is InChI=1S/C21H20ClFN2O4/c22-16-2-1-15(6-17(16)23)29-9-19(28)25-21-10-20(11-21,12-21)7-18(27)13-3-4-24-14(5-13)8-26/h1-6,26H,7-12H2,(H,25,28). The summed E-state index contributed by atoms with van der Waals surface area (Å²) >= 11 is 5.62. The number of halogens is 2. The molecule has 1 amide bonds. The summed E-state index contributed by atoms with van der Waals surface area (Å²) in [6.45, 7) is -0.415. The van der Waals surface area contributed by atoms with Crippen LogP contribution >= 0.6 is 11.6 Å². The lowest BCUT2D eigenvalue weighted by molar-refractivity contribution is -0.164. The van der Waals surface area contributed by atoms with Gasteiger partial charge in [-0.05, 0) is 48.9 Å². The largest absolute Gasteiger partial charge is 0.484 e. The minimum Gasteiger partial charge on any atom is -0.484 e. The van der Waals surface area contributed by atoms with Gasteiger partial charge < -0.3 is 15.2 Å². The zero-order valence-electron chi connectivity index (χ0n) is 15.6. The van der Waals surface area contributed by atoms with E-state index in [0.717, 1.165) is 25.3 Å². The number of carbonyl (C=O) groups is 2. The summed E-state index contributed by atoms with van der Waals surface area (Å²) in [6.07, 6.45) is 4.20. The molecule has 6 nitrogen and oxygen atoms in total. The van der Waals surface area contributed by atoms with Crippen molar-refractivity contribution >= 4 is 23.3 Å². The van der Waals surface area contributed by atoms with Crippen LogP contribution in [0.4, 0.5) is 4.39 Å². The Kier molecular flexibility index (Phi) is 5.04.